The first-order chi connectivity index (χ1) is 10.8. The molecule has 2 aliphatic rings. The number of rotatable bonds is 3. The Morgan fingerprint density at radius 3 is 3.00 bits per heavy atom. The number of amides is 1. The van der Waals surface area contributed by atoms with Gasteiger partial charge in [0.05, 0.1) is 12.4 Å². The molecule has 0 radical (unpaired) electrons. The lowest BCUT2D eigenvalue weighted by molar-refractivity contribution is -0.134. The lowest BCUT2D eigenvalue weighted by Crippen LogP contribution is -2.41. The third-order valence-electron chi connectivity index (χ3n) is 4.87. The first-order valence-electron chi connectivity index (χ1n) is 7.99. The zero-order valence-corrected chi connectivity index (χ0v) is 12.5. The number of likely N-dealkylation sites (tertiary alicyclic amines) is 1. The van der Waals surface area contributed by atoms with Gasteiger partial charge in [0.1, 0.15) is 0 Å². The van der Waals surface area contributed by atoms with E-state index in [9.17, 15) is 4.79 Å². The van der Waals surface area contributed by atoms with Crippen molar-refractivity contribution in [3.05, 3.63) is 48.8 Å². The molecule has 3 heterocycles. The SMILES string of the molecule is O=C([C@@H]1C[C@H]1c1cccnc1)N1CCC[C@H](n2ccnc2)C1. The number of hydrogen-bond donors (Lipinski definition) is 0. The molecule has 2 aromatic heterocycles. The van der Waals surface area contributed by atoms with Crippen molar-refractivity contribution in [3.63, 3.8) is 0 Å². The van der Waals surface area contributed by atoms with Gasteiger partial charge in [0.25, 0.3) is 0 Å². The molecule has 2 fully saturated rings. The zero-order chi connectivity index (χ0) is 14.9. The molecule has 1 amide bonds. The molecule has 0 N–H and O–H groups in total. The largest absolute Gasteiger partial charge is 0.340 e. The average Bonchev–Trinajstić information content (AvgIpc) is 3.19. The smallest absolute Gasteiger partial charge is 0.226 e. The summed E-state index contributed by atoms with van der Waals surface area (Å²) in [5.41, 5.74) is 1.20. The maximum Gasteiger partial charge on any atom is 0.226 e. The van der Waals surface area contributed by atoms with Crippen LogP contribution in [-0.2, 0) is 4.79 Å². The number of imidazole rings is 1. The molecule has 22 heavy (non-hydrogen) atoms. The van der Waals surface area contributed by atoms with Crippen LogP contribution in [0, 0.1) is 5.92 Å². The van der Waals surface area contributed by atoms with E-state index in [0.717, 1.165) is 32.4 Å². The van der Waals surface area contributed by atoms with Crippen molar-refractivity contribution < 1.29 is 4.79 Å². The van der Waals surface area contributed by atoms with Gasteiger partial charge in [0.2, 0.25) is 5.91 Å². The summed E-state index contributed by atoms with van der Waals surface area (Å²) in [5.74, 6) is 0.847. The van der Waals surface area contributed by atoms with E-state index in [2.05, 4.69) is 25.5 Å². The summed E-state index contributed by atoms with van der Waals surface area (Å²) in [6.45, 7) is 1.70. The van der Waals surface area contributed by atoms with Crippen molar-refractivity contribution in [2.75, 3.05) is 13.1 Å². The van der Waals surface area contributed by atoms with E-state index in [4.69, 9.17) is 0 Å². The fourth-order valence-corrected chi connectivity index (χ4v) is 3.55. The molecule has 1 aliphatic carbocycles. The van der Waals surface area contributed by atoms with E-state index in [1.165, 1.54) is 5.56 Å². The van der Waals surface area contributed by atoms with Crippen LogP contribution in [0.15, 0.2) is 43.2 Å². The first kappa shape index (κ1) is 13.5. The van der Waals surface area contributed by atoms with Crippen LogP contribution in [-0.4, -0.2) is 38.4 Å². The van der Waals surface area contributed by atoms with Crippen molar-refractivity contribution >= 4 is 5.91 Å². The van der Waals surface area contributed by atoms with Crippen LogP contribution < -0.4 is 0 Å². The van der Waals surface area contributed by atoms with Crippen LogP contribution in [0.1, 0.15) is 36.8 Å². The highest BCUT2D eigenvalue weighted by Gasteiger charge is 2.46. The van der Waals surface area contributed by atoms with Gasteiger partial charge < -0.3 is 9.47 Å². The molecule has 1 saturated heterocycles. The average molecular weight is 296 g/mol. The van der Waals surface area contributed by atoms with Crippen molar-refractivity contribution in [3.8, 4) is 0 Å². The van der Waals surface area contributed by atoms with E-state index >= 15 is 0 Å². The van der Waals surface area contributed by atoms with Gasteiger partial charge >= 0.3 is 0 Å². The van der Waals surface area contributed by atoms with E-state index in [-0.39, 0.29) is 5.92 Å². The molecule has 4 rings (SSSR count). The van der Waals surface area contributed by atoms with Gasteiger partial charge in [-0.05, 0) is 36.8 Å². The molecule has 1 saturated carbocycles. The van der Waals surface area contributed by atoms with Gasteiger partial charge in [0.15, 0.2) is 0 Å². The number of carbonyl (C=O) groups is 1. The van der Waals surface area contributed by atoms with Gasteiger partial charge in [-0.15, -0.1) is 0 Å². The Balaban J connectivity index is 1.41. The van der Waals surface area contributed by atoms with Gasteiger partial charge in [0, 0.05) is 43.8 Å². The Morgan fingerprint density at radius 1 is 1.27 bits per heavy atom. The predicted octanol–water partition coefficient (Wildman–Crippen LogP) is 2.25. The van der Waals surface area contributed by atoms with Crippen molar-refractivity contribution in [1.82, 2.24) is 19.4 Å². The summed E-state index contributed by atoms with van der Waals surface area (Å²) >= 11 is 0. The number of hydrogen-bond acceptors (Lipinski definition) is 3. The summed E-state index contributed by atoms with van der Waals surface area (Å²) in [7, 11) is 0. The molecule has 3 atom stereocenters. The van der Waals surface area contributed by atoms with Crippen molar-refractivity contribution in [2.24, 2.45) is 5.92 Å². The molecule has 5 nitrogen and oxygen atoms in total. The Kier molecular flexibility index (Phi) is 3.41. The molecule has 0 spiro atoms. The lowest BCUT2D eigenvalue weighted by Gasteiger charge is -2.33. The maximum absolute atomic E-state index is 12.7. The molecule has 0 unspecified atom stereocenters. The Morgan fingerprint density at radius 2 is 2.23 bits per heavy atom. The Bertz CT molecular complexity index is 640. The maximum atomic E-state index is 12.7. The fraction of sp³-hybridized carbons (Fsp3) is 0.471. The molecule has 114 valence electrons. The Hall–Kier alpha value is -2.17. The molecular weight excluding hydrogens is 276 g/mol. The second-order valence-corrected chi connectivity index (χ2v) is 6.33. The Labute approximate surface area is 130 Å². The zero-order valence-electron chi connectivity index (χ0n) is 12.5. The second kappa shape index (κ2) is 5.55. The molecule has 5 heteroatoms. The number of carbonyl (C=O) groups excluding carboxylic acids is 1. The third-order valence-corrected chi connectivity index (χ3v) is 4.87. The number of aromatic nitrogens is 3. The quantitative estimate of drug-likeness (QED) is 0.873. The third kappa shape index (κ3) is 2.51. The minimum absolute atomic E-state index is 0.158. The number of pyridine rings is 1. The monoisotopic (exact) mass is 296 g/mol. The fourth-order valence-electron chi connectivity index (χ4n) is 3.55. The predicted molar refractivity (Wildman–Crippen MR) is 82.2 cm³/mol. The topological polar surface area (TPSA) is 51.0 Å². The minimum Gasteiger partial charge on any atom is -0.340 e. The molecule has 2 aromatic rings. The normalized spacial score (nSPS) is 27.6. The van der Waals surface area contributed by atoms with Crippen molar-refractivity contribution in [1.29, 1.82) is 0 Å². The van der Waals surface area contributed by atoms with Crippen LogP contribution >= 0.6 is 0 Å². The van der Waals surface area contributed by atoms with Gasteiger partial charge in [-0.2, -0.15) is 0 Å². The molecular formula is C17H20N4O. The lowest BCUT2D eigenvalue weighted by atomic mass is 10.0. The molecule has 1 aliphatic heterocycles. The van der Waals surface area contributed by atoms with Crippen LogP contribution in [0.5, 0.6) is 0 Å². The van der Waals surface area contributed by atoms with E-state index in [0.29, 0.717) is 17.9 Å². The highest BCUT2D eigenvalue weighted by Crippen LogP contribution is 2.48. The van der Waals surface area contributed by atoms with Crippen LogP contribution in [0.2, 0.25) is 0 Å². The van der Waals surface area contributed by atoms with E-state index < -0.39 is 0 Å². The van der Waals surface area contributed by atoms with Crippen molar-refractivity contribution in [2.45, 2.75) is 31.2 Å². The summed E-state index contributed by atoms with van der Waals surface area (Å²) in [5, 5.41) is 0. The summed E-state index contributed by atoms with van der Waals surface area (Å²) in [6, 6.07) is 4.40. The van der Waals surface area contributed by atoms with E-state index in [1.807, 2.05) is 24.8 Å². The number of piperidine rings is 1. The molecule has 0 bridgehead atoms. The highest BCUT2D eigenvalue weighted by molar-refractivity contribution is 5.83. The number of nitrogens with zero attached hydrogens (tertiary/aromatic N) is 4. The van der Waals surface area contributed by atoms with E-state index in [1.54, 1.807) is 12.4 Å². The minimum atomic E-state index is 0.158. The summed E-state index contributed by atoms with van der Waals surface area (Å²) in [6.07, 6.45) is 12.5. The van der Waals surface area contributed by atoms with Gasteiger partial charge in [-0.1, -0.05) is 6.07 Å². The van der Waals surface area contributed by atoms with Gasteiger partial charge in [-0.25, -0.2) is 4.98 Å². The highest BCUT2D eigenvalue weighted by atomic mass is 16.2. The van der Waals surface area contributed by atoms with Crippen LogP contribution in [0.3, 0.4) is 0 Å². The van der Waals surface area contributed by atoms with Gasteiger partial charge in [-0.3, -0.25) is 9.78 Å². The first-order valence-corrected chi connectivity index (χ1v) is 7.99. The summed E-state index contributed by atoms with van der Waals surface area (Å²) < 4.78 is 2.13. The second-order valence-electron chi connectivity index (χ2n) is 6.33. The standard InChI is InChI=1S/C17H20N4O/c22-17(16-9-15(16)13-3-1-5-18-10-13)20-7-2-4-14(11-20)21-8-6-19-12-21/h1,3,5-6,8,10,12,14-16H,2,4,7,9,11H2/t14-,15-,16+/m0/s1. The van der Waals surface area contributed by atoms with Crippen LogP contribution in [0.25, 0.3) is 0 Å². The van der Waals surface area contributed by atoms with Crippen LogP contribution in [0.4, 0.5) is 0 Å². The molecule has 0 aromatic carbocycles. The summed E-state index contributed by atoms with van der Waals surface area (Å²) in [4.78, 5) is 23.1.